The molecule has 1 saturated heterocycles. The molecule has 21 heavy (non-hydrogen) atoms. The third-order valence-electron chi connectivity index (χ3n) is 4.25. The molecule has 2 rings (SSSR count). The highest BCUT2D eigenvalue weighted by Gasteiger charge is 2.27. The minimum absolute atomic E-state index is 0.00354. The van der Waals surface area contributed by atoms with Crippen LogP contribution >= 0.6 is 0 Å². The Balaban J connectivity index is 1.91. The second kappa shape index (κ2) is 7.05. The van der Waals surface area contributed by atoms with E-state index in [9.17, 15) is 4.79 Å². The molecule has 4 nitrogen and oxygen atoms in total. The zero-order chi connectivity index (χ0) is 15.4. The molecule has 1 heterocycles. The van der Waals surface area contributed by atoms with E-state index in [2.05, 4.69) is 29.6 Å². The van der Waals surface area contributed by atoms with Crippen LogP contribution in [0.25, 0.3) is 0 Å². The second-order valence-electron chi connectivity index (χ2n) is 6.24. The number of anilines is 1. The lowest BCUT2D eigenvalue weighted by atomic mass is 10.00. The Bertz CT molecular complexity index is 461. The molecular weight excluding hydrogens is 262 g/mol. The quantitative estimate of drug-likeness (QED) is 0.895. The van der Waals surface area contributed by atoms with Gasteiger partial charge in [0.05, 0.1) is 6.04 Å². The first-order chi connectivity index (χ1) is 9.97. The molecule has 1 fully saturated rings. The maximum Gasteiger partial charge on any atom is 0.242 e. The molecule has 116 valence electrons. The number of piperidine rings is 1. The number of nitrogens with one attached hydrogen (secondary N) is 2. The SMILES string of the molecule is Cc1ccc(NC(=O)C(C)NN2C(C)CCCC2C)cc1. The van der Waals surface area contributed by atoms with Crippen molar-refractivity contribution in [2.75, 3.05) is 5.32 Å². The number of hydrazine groups is 1. The smallest absolute Gasteiger partial charge is 0.242 e. The number of carbonyl (C=O) groups is 1. The summed E-state index contributed by atoms with van der Waals surface area (Å²) >= 11 is 0. The number of amides is 1. The number of aryl methyl sites for hydroxylation is 1. The van der Waals surface area contributed by atoms with E-state index < -0.39 is 0 Å². The number of hydrogen-bond acceptors (Lipinski definition) is 3. The first-order valence-electron chi connectivity index (χ1n) is 7.89. The summed E-state index contributed by atoms with van der Waals surface area (Å²) in [4.78, 5) is 12.3. The van der Waals surface area contributed by atoms with E-state index in [-0.39, 0.29) is 11.9 Å². The monoisotopic (exact) mass is 289 g/mol. The summed E-state index contributed by atoms with van der Waals surface area (Å²) in [6.07, 6.45) is 3.64. The van der Waals surface area contributed by atoms with Gasteiger partial charge in [0.1, 0.15) is 0 Å². The van der Waals surface area contributed by atoms with Crippen LogP contribution in [0, 0.1) is 6.92 Å². The number of hydrogen-bond donors (Lipinski definition) is 2. The van der Waals surface area contributed by atoms with Crippen LogP contribution < -0.4 is 10.7 Å². The molecule has 1 amide bonds. The van der Waals surface area contributed by atoms with Crippen molar-refractivity contribution in [3.8, 4) is 0 Å². The van der Waals surface area contributed by atoms with Crippen LogP contribution in [-0.2, 0) is 4.79 Å². The number of carbonyl (C=O) groups excluding carboxylic acids is 1. The molecule has 0 radical (unpaired) electrons. The van der Waals surface area contributed by atoms with E-state index in [1.54, 1.807) is 0 Å². The Morgan fingerprint density at radius 3 is 2.33 bits per heavy atom. The molecule has 4 heteroatoms. The van der Waals surface area contributed by atoms with Gasteiger partial charge >= 0.3 is 0 Å². The highest BCUT2D eigenvalue weighted by atomic mass is 16.2. The van der Waals surface area contributed by atoms with E-state index >= 15 is 0 Å². The van der Waals surface area contributed by atoms with Crippen molar-refractivity contribution >= 4 is 11.6 Å². The van der Waals surface area contributed by atoms with Crippen LogP contribution in [0.2, 0.25) is 0 Å². The maximum atomic E-state index is 12.3. The van der Waals surface area contributed by atoms with Crippen LogP contribution in [0.15, 0.2) is 24.3 Å². The predicted molar refractivity (Wildman–Crippen MR) is 87.0 cm³/mol. The summed E-state index contributed by atoms with van der Waals surface area (Å²) in [5.74, 6) is 0.00354. The lowest BCUT2D eigenvalue weighted by molar-refractivity contribution is -0.120. The van der Waals surface area contributed by atoms with Gasteiger partial charge < -0.3 is 5.32 Å². The highest BCUT2D eigenvalue weighted by Crippen LogP contribution is 2.20. The molecule has 2 N–H and O–H groups in total. The standard InChI is InChI=1S/C17H27N3O/c1-12-8-10-16(11-9-12)18-17(21)15(4)19-20-13(2)6-5-7-14(20)3/h8-11,13-15,19H,5-7H2,1-4H3,(H,18,21). The van der Waals surface area contributed by atoms with Gasteiger partial charge in [0.15, 0.2) is 0 Å². The Kier molecular flexibility index (Phi) is 5.37. The van der Waals surface area contributed by atoms with Gasteiger partial charge in [-0.2, -0.15) is 0 Å². The van der Waals surface area contributed by atoms with Gasteiger partial charge in [-0.15, -0.1) is 0 Å². The molecule has 1 aromatic carbocycles. The Hall–Kier alpha value is -1.39. The third kappa shape index (κ3) is 4.29. The van der Waals surface area contributed by atoms with Gasteiger partial charge in [0.25, 0.3) is 0 Å². The van der Waals surface area contributed by atoms with Crippen molar-refractivity contribution in [2.45, 2.75) is 65.1 Å². The van der Waals surface area contributed by atoms with Crippen molar-refractivity contribution < 1.29 is 4.79 Å². The third-order valence-corrected chi connectivity index (χ3v) is 4.25. The molecule has 0 saturated carbocycles. The molecule has 0 aromatic heterocycles. The molecular formula is C17H27N3O. The van der Waals surface area contributed by atoms with Gasteiger partial charge in [-0.3, -0.25) is 4.79 Å². The van der Waals surface area contributed by atoms with Crippen molar-refractivity contribution in [1.29, 1.82) is 0 Å². The van der Waals surface area contributed by atoms with Crippen molar-refractivity contribution in [2.24, 2.45) is 0 Å². The molecule has 0 aliphatic carbocycles. The summed E-state index contributed by atoms with van der Waals surface area (Å²) in [6.45, 7) is 8.38. The lowest BCUT2D eigenvalue weighted by Gasteiger charge is -2.40. The Morgan fingerprint density at radius 2 is 1.76 bits per heavy atom. The summed E-state index contributed by atoms with van der Waals surface area (Å²) in [6, 6.07) is 8.59. The van der Waals surface area contributed by atoms with E-state index in [1.165, 1.54) is 24.8 Å². The fourth-order valence-electron chi connectivity index (χ4n) is 2.85. The fourth-order valence-corrected chi connectivity index (χ4v) is 2.85. The summed E-state index contributed by atoms with van der Waals surface area (Å²) in [5.41, 5.74) is 5.41. The van der Waals surface area contributed by atoms with Crippen molar-refractivity contribution in [3.63, 3.8) is 0 Å². The molecule has 3 unspecified atom stereocenters. The largest absolute Gasteiger partial charge is 0.325 e. The Morgan fingerprint density at radius 1 is 1.19 bits per heavy atom. The molecule has 1 aliphatic rings. The normalized spacial score (nSPS) is 24.6. The minimum atomic E-state index is -0.241. The first-order valence-corrected chi connectivity index (χ1v) is 7.89. The van der Waals surface area contributed by atoms with Crippen LogP contribution in [0.1, 0.15) is 45.6 Å². The van der Waals surface area contributed by atoms with Crippen LogP contribution in [0.5, 0.6) is 0 Å². The fraction of sp³-hybridized carbons (Fsp3) is 0.588. The van der Waals surface area contributed by atoms with Crippen LogP contribution in [0.3, 0.4) is 0 Å². The summed E-state index contributed by atoms with van der Waals surface area (Å²) < 4.78 is 0. The molecule has 0 spiro atoms. The minimum Gasteiger partial charge on any atom is -0.325 e. The topological polar surface area (TPSA) is 44.4 Å². The van der Waals surface area contributed by atoms with Gasteiger partial charge in [0.2, 0.25) is 5.91 Å². The maximum absolute atomic E-state index is 12.3. The zero-order valence-electron chi connectivity index (χ0n) is 13.5. The van der Waals surface area contributed by atoms with E-state index in [4.69, 9.17) is 0 Å². The second-order valence-corrected chi connectivity index (χ2v) is 6.24. The highest BCUT2D eigenvalue weighted by molar-refractivity contribution is 5.94. The van der Waals surface area contributed by atoms with Gasteiger partial charge in [0, 0.05) is 17.8 Å². The van der Waals surface area contributed by atoms with Gasteiger partial charge in [-0.1, -0.05) is 24.1 Å². The average Bonchev–Trinajstić information content (AvgIpc) is 2.45. The molecule has 1 aliphatic heterocycles. The van der Waals surface area contributed by atoms with Gasteiger partial charge in [-0.25, -0.2) is 10.4 Å². The number of rotatable bonds is 4. The van der Waals surface area contributed by atoms with Gasteiger partial charge in [-0.05, 0) is 52.7 Å². The van der Waals surface area contributed by atoms with Crippen LogP contribution in [0.4, 0.5) is 5.69 Å². The van der Waals surface area contributed by atoms with E-state index in [0.29, 0.717) is 12.1 Å². The van der Waals surface area contributed by atoms with E-state index in [0.717, 1.165) is 5.69 Å². The predicted octanol–water partition coefficient (Wildman–Crippen LogP) is 3.09. The zero-order valence-corrected chi connectivity index (χ0v) is 13.5. The summed E-state index contributed by atoms with van der Waals surface area (Å²) in [7, 11) is 0. The molecule has 1 aromatic rings. The van der Waals surface area contributed by atoms with Crippen LogP contribution in [-0.4, -0.2) is 29.0 Å². The molecule has 0 bridgehead atoms. The Labute approximate surface area is 127 Å². The molecule has 3 atom stereocenters. The number of nitrogens with zero attached hydrogens (tertiary/aromatic N) is 1. The van der Waals surface area contributed by atoms with Crippen molar-refractivity contribution in [3.05, 3.63) is 29.8 Å². The first kappa shape index (κ1) is 16.0. The average molecular weight is 289 g/mol. The summed E-state index contributed by atoms with van der Waals surface area (Å²) in [5, 5.41) is 5.20. The number of benzene rings is 1. The van der Waals surface area contributed by atoms with Crippen molar-refractivity contribution in [1.82, 2.24) is 10.4 Å². The lowest BCUT2D eigenvalue weighted by Crippen LogP contribution is -2.57. The van der Waals surface area contributed by atoms with E-state index in [1.807, 2.05) is 38.1 Å².